The Morgan fingerprint density at radius 2 is 1.73 bits per heavy atom. The number of primary amides is 1. The summed E-state index contributed by atoms with van der Waals surface area (Å²) >= 11 is 0. The molecule has 0 aromatic carbocycles. The molecule has 0 aromatic rings. The molecular weight excluding hydrogens is 193 g/mol. The molecule has 15 heavy (non-hydrogen) atoms. The Bertz CT molecular complexity index is 210. The number of nitrogens with two attached hydrogens (primary N) is 1. The van der Waals surface area contributed by atoms with Crippen LogP contribution in [0.15, 0.2) is 0 Å². The number of alkyl halides is 1. The van der Waals surface area contributed by atoms with E-state index in [0.29, 0.717) is 12.8 Å². The van der Waals surface area contributed by atoms with Gasteiger partial charge in [-0.2, -0.15) is 0 Å². The average Bonchev–Trinajstić information content (AvgIpc) is 2.09. The maximum absolute atomic E-state index is 14.2. The molecule has 2 N–H and O–H groups in total. The molecule has 0 bridgehead atoms. The second-order valence-electron chi connectivity index (χ2n) is 4.77. The Morgan fingerprint density at radius 1 is 1.20 bits per heavy atom. The zero-order valence-electron chi connectivity index (χ0n) is 10.4. The van der Waals surface area contributed by atoms with Gasteiger partial charge in [0, 0.05) is 0 Å². The molecule has 0 aliphatic carbocycles. The van der Waals surface area contributed by atoms with Crippen molar-refractivity contribution in [3.8, 4) is 0 Å². The first-order chi connectivity index (χ1) is 6.81. The van der Waals surface area contributed by atoms with Crippen molar-refractivity contribution in [3.05, 3.63) is 0 Å². The molecule has 0 aliphatic heterocycles. The summed E-state index contributed by atoms with van der Waals surface area (Å²) in [6.45, 7) is 6.91. The number of halogens is 1. The van der Waals surface area contributed by atoms with Gasteiger partial charge in [0.2, 0.25) is 5.91 Å². The van der Waals surface area contributed by atoms with Crippen molar-refractivity contribution in [2.24, 2.45) is 11.1 Å². The summed E-state index contributed by atoms with van der Waals surface area (Å²) in [6.07, 6.45) is 3.66. The monoisotopic (exact) mass is 217 g/mol. The van der Waals surface area contributed by atoms with E-state index >= 15 is 0 Å². The molecule has 90 valence electrons. The fourth-order valence-corrected chi connectivity index (χ4v) is 2.16. The van der Waals surface area contributed by atoms with Crippen LogP contribution in [0, 0.1) is 5.41 Å². The minimum absolute atomic E-state index is 0.495. The number of hydrogen-bond acceptors (Lipinski definition) is 1. The third-order valence-corrected chi connectivity index (χ3v) is 3.24. The standard InChI is InChI=1S/C12H24FNO/c1-5-7-9-12(8-6-2,10(14)15)11(3,4)13/h5-9H2,1-4H3,(H2,14,15). The molecule has 2 nitrogen and oxygen atoms in total. The number of carbonyl (C=O) groups is 1. The van der Waals surface area contributed by atoms with Crippen molar-refractivity contribution in [2.45, 2.75) is 65.5 Å². The first-order valence-corrected chi connectivity index (χ1v) is 5.80. The second-order valence-corrected chi connectivity index (χ2v) is 4.77. The fraction of sp³-hybridized carbons (Fsp3) is 0.917. The Balaban J connectivity index is 4.99. The summed E-state index contributed by atoms with van der Waals surface area (Å²) in [5, 5.41) is 0. The topological polar surface area (TPSA) is 43.1 Å². The Hall–Kier alpha value is -0.600. The van der Waals surface area contributed by atoms with Gasteiger partial charge in [-0.1, -0.05) is 33.1 Å². The van der Waals surface area contributed by atoms with Crippen LogP contribution in [-0.4, -0.2) is 11.6 Å². The maximum Gasteiger partial charge on any atom is 0.226 e. The van der Waals surface area contributed by atoms with E-state index in [1.54, 1.807) is 0 Å². The molecule has 1 amide bonds. The lowest BCUT2D eigenvalue weighted by molar-refractivity contribution is -0.138. The molecule has 0 saturated carbocycles. The first kappa shape index (κ1) is 14.4. The van der Waals surface area contributed by atoms with Crippen molar-refractivity contribution in [3.63, 3.8) is 0 Å². The Kier molecular flexibility index (Phi) is 5.26. The van der Waals surface area contributed by atoms with Gasteiger partial charge in [-0.15, -0.1) is 0 Å². The van der Waals surface area contributed by atoms with Crippen LogP contribution in [0.4, 0.5) is 4.39 Å². The molecule has 0 aromatic heterocycles. The summed E-state index contributed by atoms with van der Waals surface area (Å²) in [5.41, 5.74) is 2.88. The van der Waals surface area contributed by atoms with Crippen LogP contribution in [0.2, 0.25) is 0 Å². The molecule has 0 rings (SSSR count). The van der Waals surface area contributed by atoms with E-state index in [4.69, 9.17) is 5.73 Å². The largest absolute Gasteiger partial charge is 0.369 e. The maximum atomic E-state index is 14.2. The summed E-state index contributed by atoms with van der Waals surface area (Å²) in [4.78, 5) is 11.5. The van der Waals surface area contributed by atoms with Gasteiger partial charge in [0.15, 0.2) is 0 Å². The third kappa shape index (κ3) is 3.18. The molecular formula is C12H24FNO. The van der Waals surface area contributed by atoms with Crippen LogP contribution >= 0.6 is 0 Å². The summed E-state index contributed by atoms with van der Waals surface area (Å²) in [7, 11) is 0. The van der Waals surface area contributed by atoms with Crippen molar-refractivity contribution >= 4 is 5.91 Å². The van der Waals surface area contributed by atoms with E-state index in [-0.39, 0.29) is 0 Å². The zero-order valence-corrected chi connectivity index (χ0v) is 10.4. The quantitative estimate of drug-likeness (QED) is 0.699. The van der Waals surface area contributed by atoms with Crippen LogP contribution < -0.4 is 5.73 Å². The Morgan fingerprint density at radius 3 is 2.00 bits per heavy atom. The van der Waals surface area contributed by atoms with Crippen LogP contribution in [0.3, 0.4) is 0 Å². The van der Waals surface area contributed by atoms with Crippen molar-refractivity contribution in [1.29, 1.82) is 0 Å². The lowest BCUT2D eigenvalue weighted by atomic mass is 9.68. The lowest BCUT2D eigenvalue weighted by Crippen LogP contribution is -2.50. The van der Waals surface area contributed by atoms with Gasteiger partial charge in [0.25, 0.3) is 0 Å². The van der Waals surface area contributed by atoms with Gasteiger partial charge >= 0.3 is 0 Å². The van der Waals surface area contributed by atoms with Gasteiger partial charge < -0.3 is 5.73 Å². The van der Waals surface area contributed by atoms with E-state index in [1.165, 1.54) is 13.8 Å². The minimum atomic E-state index is -1.54. The van der Waals surface area contributed by atoms with Crippen LogP contribution in [0.25, 0.3) is 0 Å². The number of hydrogen-bond donors (Lipinski definition) is 1. The number of amides is 1. The Labute approximate surface area is 92.4 Å². The SMILES string of the molecule is CCCCC(CCC)(C(N)=O)C(C)(C)F. The zero-order chi connectivity index (χ0) is 12.1. The second kappa shape index (κ2) is 5.47. The number of unbranched alkanes of at least 4 members (excludes halogenated alkanes) is 1. The molecule has 1 atom stereocenters. The molecule has 0 spiro atoms. The third-order valence-electron chi connectivity index (χ3n) is 3.24. The highest BCUT2D eigenvalue weighted by Crippen LogP contribution is 2.43. The summed E-state index contributed by atoms with van der Waals surface area (Å²) in [6, 6.07) is 0. The predicted molar refractivity (Wildman–Crippen MR) is 61.2 cm³/mol. The van der Waals surface area contributed by atoms with Gasteiger partial charge in [0.05, 0.1) is 5.41 Å². The predicted octanol–water partition coefficient (Wildman–Crippen LogP) is 3.20. The molecule has 0 saturated heterocycles. The highest BCUT2D eigenvalue weighted by Gasteiger charge is 2.49. The average molecular weight is 217 g/mol. The highest BCUT2D eigenvalue weighted by atomic mass is 19.1. The van der Waals surface area contributed by atoms with E-state index in [2.05, 4.69) is 0 Å². The molecule has 3 heteroatoms. The van der Waals surface area contributed by atoms with Gasteiger partial charge in [-0.05, 0) is 26.7 Å². The number of carbonyl (C=O) groups excluding carboxylic acids is 1. The van der Waals surface area contributed by atoms with E-state index < -0.39 is 17.0 Å². The molecule has 0 radical (unpaired) electrons. The molecule has 0 aliphatic rings. The van der Waals surface area contributed by atoms with Crippen molar-refractivity contribution in [2.75, 3.05) is 0 Å². The van der Waals surface area contributed by atoms with Crippen LogP contribution in [0.5, 0.6) is 0 Å². The molecule has 0 heterocycles. The number of rotatable bonds is 7. The van der Waals surface area contributed by atoms with Gasteiger partial charge in [-0.3, -0.25) is 4.79 Å². The smallest absolute Gasteiger partial charge is 0.226 e. The van der Waals surface area contributed by atoms with Crippen LogP contribution in [0.1, 0.15) is 59.8 Å². The van der Waals surface area contributed by atoms with E-state index in [9.17, 15) is 9.18 Å². The summed E-state index contributed by atoms with van der Waals surface area (Å²) in [5.74, 6) is -0.495. The molecule has 1 unspecified atom stereocenters. The van der Waals surface area contributed by atoms with Gasteiger partial charge in [-0.25, -0.2) is 4.39 Å². The fourth-order valence-electron chi connectivity index (χ4n) is 2.16. The van der Waals surface area contributed by atoms with E-state index in [1.807, 2.05) is 13.8 Å². The van der Waals surface area contributed by atoms with Crippen molar-refractivity contribution in [1.82, 2.24) is 0 Å². The summed E-state index contributed by atoms with van der Waals surface area (Å²) < 4.78 is 14.2. The van der Waals surface area contributed by atoms with Gasteiger partial charge in [0.1, 0.15) is 5.67 Å². The van der Waals surface area contributed by atoms with E-state index in [0.717, 1.165) is 19.3 Å². The lowest BCUT2D eigenvalue weighted by Gasteiger charge is -2.39. The molecule has 0 fully saturated rings. The highest BCUT2D eigenvalue weighted by molar-refractivity contribution is 5.82. The normalized spacial score (nSPS) is 16.1. The van der Waals surface area contributed by atoms with Crippen LogP contribution in [-0.2, 0) is 4.79 Å². The van der Waals surface area contributed by atoms with Crippen molar-refractivity contribution < 1.29 is 9.18 Å². The first-order valence-electron chi connectivity index (χ1n) is 5.80. The minimum Gasteiger partial charge on any atom is -0.369 e.